The molecule has 0 saturated carbocycles. The Morgan fingerprint density at radius 3 is 2.43 bits per heavy atom. The highest BCUT2D eigenvalue weighted by Gasteiger charge is 2.15. The largest absolute Gasteiger partial charge is 0.495 e. The maximum Gasteiger partial charge on any atom is 0.257 e. The number of halogens is 4. The number of hydrogen-bond acceptors (Lipinski definition) is 2. The van der Waals surface area contributed by atoms with Crippen molar-refractivity contribution in [1.82, 2.24) is 0 Å². The first-order valence-corrected chi connectivity index (χ1v) is 6.85. The molecule has 0 fully saturated rings. The molecule has 21 heavy (non-hydrogen) atoms. The summed E-state index contributed by atoms with van der Waals surface area (Å²) in [5.74, 6) is -0.819. The SMILES string of the molecule is COc1ccc(NC(=O)c2cc(F)c(Cl)cc2Cl)cc1Cl. The molecule has 3 nitrogen and oxygen atoms in total. The molecule has 0 aliphatic heterocycles. The van der Waals surface area contributed by atoms with Crippen LogP contribution in [0, 0.1) is 5.82 Å². The van der Waals surface area contributed by atoms with Crippen molar-refractivity contribution < 1.29 is 13.9 Å². The molecule has 0 unspecified atom stereocenters. The van der Waals surface area contributed by atoms with E-state index in [1.807, 2.05) is 0 Å². The molecule has 2 rings (SSSR count). The summed E-state index contributed by atoms with van der Waals surface area (Å²) in [4.78, 5) is 12.1. The fourth-order valence-corrected chi connectivity index (χ4v) is 2.37. The van der Waals surface area contributed by atoms with Gasteiger partial charge in [0, 0.05) is 5.69 Å². The van der Waals surface area contributed by atoms with Gasteiger partial charge in [-0.3, -0.25) is 4.79 Å². The summed E-state index contributed by atoms with van der Waals surface area (Å²) in [5.41, 5.74) is 0.405. The number of anilines is 1. The minimum Gasteiger partial charge on any atom is -0.495 e. The van der Waals surface area contributed by atoms with E-state index in [0.29, 0.717) is 16.5 Å². The summed E-state index contributed by atoms with van der Waals surface area (Å²) in [6, 6.07) is 6.86. The molecule has 2 aromatic rings. The van der Waals surface area contributed by atoms with E-state index in [0.717, 1.165) is 6.07 Å². The number of methoxy groups -OCH3 is 1. The second-order valence-electron chi connectivity index (χ2n) is 4.05. The van der Waals surface area contributed by atoms with Gasteiger partial charge in [-0.25, -0.2) is 4.39 Å². The zero-order valence-electron chi connectivity index (χ0n) is 10.7. The van der Waals surface area contributed by atoms with Crippen molar-refractivity contribution in [3.05, 3.63) is 56.8 Å². The second-order valence-corrected chi connectivity index (χ2v) is 5.27. The molecule has 1 N–H and O–H groups in total. The smallest absolute Gasteiger partial charge is 0.257 e. The van der Waals surface area contributed by atoms with Crippen LogP contribution in [0.3, 0.4) is 0 Å². The van der Waals surface area contributed by atoms with Crippen LogP contribution >= 0.6 is 34.8 Å². The third-order valence-corrected chi connectivity index (χ3v) is 3.56. The Kier molecular flexibility index (Phi) is 4.93. The summed E-state index contributed by atoms with van der Waals surface area (Å²) in [6.45, 7) is 0. The van der Waals surface area contributed by atoms with Crippen LogP contribution in [0.2, 0.25) is 15.1 Å². The van der Waals surface area contributed by atoms with Crippen LogP contribution in [0.1, 0.15) is 10.4 Å². The zero-order chi connectivity index (χ0) is 15.6. The molecule has 0 heterocycles. The average molecular weight is 349 g/mol. The summed E-state index contributed by atoms with van der Waals surface area (Å²) < 4.78 is 18.4. The number of amides is 1. The number of rotatable bonds is 3. The Morgan fingerprint density at radius 1 is 1.10 bits per heavy atom. The highest BCUT2D eigenvalue weighted by atomic mass is 35.5. The van der Waals surface area contributed by atoms with E-state index >= 15 is 0 Å². The van der Waals surface area contributed by atoms with Crippen molar-refractivity contribution in [1.29, 1.82) is 0 Å². The molecule has 0 aliphatic carbocycles. The van der Waals surface area contributed by atoms with Crippen molar-refractivity contribution >= 4 is 46.4 Å². The van der Waals surface area contributed by atoms with Gasteiger partial charge in [0.2, 0.25) is 0 Å². The molecule has 0 radical (unpaired) electrons. The Balaban J connectivity index is 2.26. The predicted molar refractivity (Wildman–Crippen MR) is 82.4 cm³/mol. The van der Waals surface area contributed by atoms with Gasteiger partial charge in [0.15, 0.2) is 0 Å². The fraction of sp³-hybridized carbons (Fsp3) is 0.0714. The van der Waals surface area contributed by atoms with Crippen molar-refractivity contribution in [2.75, 3.05) is 12.4 Å². The second kappa shape index (κ2) is 6.52. The van der Waals surface area contributed by atoms with Crippen molar-refractivity contribution in [3.8, 4) is 5.75 Å². The lowest BCUT2D eigenvalue weighted by Crippen LogP contribution is -2.13. The standard InChI is InChI=1S/C14H9Cl3FNO2/c1-21-13-3-2-7(4-11(13)17)19-14(20)8-5-12(18)10(16)6-9(8)15/h2-6H,1H3,(H,19,20). The fourth-order valence-electron chi connectivity index (χ4n) is 1.64. The summed E-state index contributed by atoms with van der Waals surface area (Å²) >= 11 is 17.4. The quantitative estimate of drug-likeness (QED) is 0.789. The average Bonchev–Trinajstić information content (AvgIpc) is 2.43. The van der Waals surface area contributed by atoms with Crippen molar-refractivity contribution in [3.63, 3.8) is 0 Å². The number of ether oxygens (including phenoxy) is 1. The van der Waals surface area contributed by atoms with E-state index < -0.39 is 11.7 Å². The topological polar surface area (TPSA) is 38.3 Å². The first-order valence-electron chi connectivity index (χ1n) is 5.72. The third-order valence-electron chi connectivity index (χ3n) is 2.66. The Bertz CT molecular complexity index is 707. The van der Waals surface area contributed by atoms with Crippen molar-refractivity contribution in [2.24, 2.45) is 0 Å². The maximum atomic E-state index is 13.4. The summed E-state index contributed by atoms with van der Waals surface area (Å²) in [5, 5.41) is 2.81. The van der Waals surface area contributed by atoms with Crippen LogP contribution in [0.5, 0.6) is 5.75 Å². The number of carbonyl (C=O) groups is 1. The van der Waals surface area contributed by atoms with Gasteiger partial charge >= 0.3 is 0 Å². The number of benzene rings is 2. The van der Waals surface area contributed by atoms with Crippen molar-refractivity contribution in [2.45, 2.75) is 0 Å². The molecule has 0 atom stereocenters. The minimum atomic E-state index is -0.723. The number of nitrogens with one attached hydrogen (secondary N) is 1. The van der Waals surface area contributed by atoms with Gasteiger partial charge < -0.3 is 10.1 Å². The third kappa shape index (κ3) is 3.59. The maximum absolute atomic E-state index is 13.4. The monoisotopic (exact) mass is 347 g/mol. The molecule has 1 amide bonds. The van der Waals surface area contributed by atoms with Crippen LogP contribution < -0.4 is 10.1 Å². The van der Waals surface area contributed by atoms with Crippen LogP contribution in [0.4, 0.5) is 10.1 Å². The van der Waals surface area contributed by atoms with Crippen LogP contribution in [0.25, 0.3) is 0 Å². The van der Waals surface area contributed by atoms with E-state index in [1.54, 1.807) is 12.1 Å². The van der Waals surface area contributed by atoms with E-state index in [1.165, 1.54) is 19.2 Å². The normalized spacial score (nSPS) is 10.3. The van der Waals surface area contributed by atoms with Crippen LogP contribution in [0.15, 0.2) is 30.3 Å². The highest BCUT2D eigenvalue weighted by Crippen LogP contribution is 2.29. The molecule has 7 heteroatoms. The van der Waals surface area contributed by atoms with Crippen LogP contribution in [-0.4, -0.2) is 13.0 Å². The van der Waals surface area contributed by atoms with Gasteiger partial charge in [-0.05, 0) is 30.3 Å². The molecular formula is C14H9Cl3FNO2. The van der Waals surface area contributed by atoms with Gasteiger partial charge in [-0.1, -0.05) is 34.8 Å². The van der Waals surface area contributed by atoms with Crippen LogP contribution in [-0.2, 0) is 0 Å². The molecule has 0 aliphatic rings. The van der Waals surface area contributed by atoms with Gasteiger partial charge in [-0.15, -0.1) is 0 Å². The predicted octanol–water partition coefficient (Wildman–Crippen LogP) is 5.05. The zero-order valence-corrected chi connectivity index (χ0v) is 13.0. The number of hydrogen-bond donors (Lipinski definition) is 1. The van der Waals surface area contributed by atoms with E-state index in [4.69, 9.17) is 39.5 Å². The first-order chi connectivity index (χ1) is 9.92. The lowest BCUT2D eigenvalue weighted by molar-refractivity contribution is 0.102. The first kappa shape index (κ1) is 15.9. The summed E-state index contributed by atoms with van der Waals surface area (Å²) in [6.07, 6.45) is 0. The Labute approximate surface area is 135 Å². The molecule has 0 aromatic heterocycles. The molecular weight excluding hydrogens is 340 g/mol. The molecule has 110 valence electrons. The Hall–Kier alpha value is -1.49. The van der Waals surface area contributed by atoms with Gasteiger partial charge in [0.25, 0.3) is 5.91 Å². The minimum absolute atomic E-state index is 0.0227. The molecule has 0 saturated heterocycles. The molecule has 0 spiro atoms. The highest BCUT2D eigenvalue weighted by molar-refractivity contribution is 6.37. The van der Waals surface area contributed by atoms with Gasteiger partial charge in [0.1, 0.15) is 11.6 Å². The lowest BCUT2D eigenvalue weighted by atomic mass is 10.2. The van der Waals surface area contributed by atoms with E-state index in [9.17, 15) is 9.18 Å². The lowest BCUT2D eigenvalue weighted by Gasteiger charge is -2.09. The summed E-state index contributed by atoms with van der Waals surface area (Å²) in [7, 11) is 1.48. The molecule has 0 bridgehead atoms. The Morgan fingerprint density at radius 2 is 1.81 bits per heavy atom. The van der Waals surface area contributed by atoms with Gasteiger partial charge in [-0.2, -0.15) is 0 Å². The van der Waals surface area contributed by atoms with E-state index in [-0.39, 0.29) is 15.6 Å². The number of carbonyl (C=O) groups excluding carboxylic acids is 1. The molecule has 2 aromatic carbocycles. The van der Waals surface area contributed by atoms with Gasteiger partial charge in [0.05, 0.1) is 27.7 Å². The van der Waals surface area contributed by atoms with E-state index in [2.05, 4.69) is 5.32 Å².